The number of carbonyl (C=O) groups is 1. The minimum Gasteiger partial charge on any atom is -0.497 e. The fraction of sp³-hybridized carbons (Fsp3) is 0.0833. The highest BCUT2D eigenvalue weighted by Crippen LogP contribution is 2.22. The van der Waals surface area contributed by atoms with Gasteiger partial charge < -0.3 is 14.6 Å². The van der Waals surface area contributed by atoms with E-state index < -0.39 is 31.9 Å². The van der Waals surface area contributed by atoms with E-state index in [1.54, 1.807) is 30.3 Å². The van der Waals surface area contributed by atoms with Gasteiger partial charge in [-0.3, -0.25) is 9.59 Å². The molecular formula is C24H19FN2O5S. The number of fused-ring (bicyclic) bond motifs is 1. The molecule has 33 heavy (non-hydrogen) atoms. The van der Waals surface area contributed by atoms with E-state index in [2.05, 4.69) is 5.32 Å². The van der Waals surface area contributed by atoms with Crippen molar-refractivity contribution in [1.82, 2.24) is 4.57 Å². The Kier molecular flexibility index (Phi) is 5.97. The van der Waals surface area contributed by atoms with Gasteiger partial charge in [0, 0.05) is 23.3 Å². The average molecular weight is 466 g/mol. The Morgan fingerprint density at radius 3 is 2.52 bits per heavy atom. The van der Waals surface area contributed by atoms with Crippen molar-refractivity contribution in [3.05, 3.63) is 95.0 Å². The first-order valence-electron chi connectivity index (χ1n) is 9.86. The lowest BCUT2D eigenvalue weighted by Gasteiger charge is -2.14. The van der Waals surface area contributed by atoms with Crippen molar-refractivity contribution in [3.8, 4) is 5.75 Å². The average Bonchev–Trinajstić information content (AvgIpc) is 2.81. The number of rotatable bonds is 6. The van der Waals surface area contributed by atoms with Gasteiger partial charge in [0.05, 0.1) is 17.5 Å². The van der Waals surface area contributed by atoms with Crippen molar-refractivity contribution in [3.63, 3.8) is 0 Å². The lowest BCUT2D eigenvalue weighted by atomic mass is 10.2. The number of pyridine rings is 1. The molecule has 7 nitrogen and oxygen atoms in total. The normalized spacial score (nSPS) is 11.3. The highest BCUT2D eigenvalue weighted by atomic mass is 32.2. The van der Waals surface area contributed by atoms with E-state index in [4.69, 9.17) is 4.74 Å². The van der Waals surface area contributed by atoms with Crippen molar-refractivity contribution in [2.24, 2.45) is 0 Å². The number of nitrogens with zero attached hydrogens (tertiary/aromatic N) is 1. The molecule has 4 aromatic rings. The summed E-state index contributed by atoms with van der Waals surface area (Å²) in [4.78, 5) is 25.1. The molecule has 0 aliphatic heterocycles. The van der Waals surface area contributed by atoms with Crippen LogP contribution in [0.25, 0.3) is 10.9 Å². The van der Waals surface area contributed by atoms with Gasteiger partial charge in [-0.25, -0.2) is 12.8 Å². The van der Waals surface area contributed by atoms with Crippen LogP contribution < -0.4 is 15.5 Å². The Morgan fingerprint density at radius 1 is 1.03 bits per heavy atom. The lowest BCUT2D eigenvalue weighted by molar-refractivity contribution is -0.116. The van der Waals surface area contributed by atoms with Crippen molar-refractivity contribution in [1.29, 1.82) is 0 Å². The van der Waals surface area contributed by atoms with Crippen LogP contribution in [0.4, 0.5) is 10.1 Å². The summed E-state index contributed by atoms with van der Waals surface area (Å²) in [6, 6.07) is 17.6. The zero-order valence-electron chi connectivity index (χ0n) is 17.5. The molecule has 0 aliphatic rings. The maximum Gasteiger partial charge on any atom is 0.244 e. The van der Waals surface area contributed by atoms with E-state index in [-0.39, 0.29) is 22.3 Å². The van der Waals surface area contributed by atoms with Gasteiger partial charge in [0.15, 0.2) is 0 Å². The minimum atomic E-state index is -4.20. The Labute approximate surface area is 189 Å². The van der Waals surface area contributed by atoms with E-state index in [1.165, 1.54) is 42.0 Å². The largest absolute Gasteiger partial charge is 0.497 e. The summed E-state index contributed by atoms with van der Waals surface area (Å²) in [5.41, 5.74) is -0.125. The second-order valence-corrected chi connectivity index (χ2v) is 9.13. The number of hydrogen-bond acceptors (Lipinski definition) is 5. The lowest BCUT2D eigenvalue weighted by Crippen LogP contribution is -2.24. The number of carbonyl (C=O) groups excluding carboxylic acids is 1. The number of amides is 1. The van der Waals surface area contributed by atoms with Crippen molar-refractivity contribution in [2.75, 3.05) is 12.4 Å². The van der Waals surface area contributed by atoms with E-state index in [0.29, 0.717) is 11.4 Å². The molecule has 1 aromatic heterocycles. The van der Waals surface area contributed by atoms with Crippen molar-refractivity contribution in [2.45, 2.75) is 16.3 Å². The molecule has 0 saturated carbocycles. The van der Waals surface area contributed by atoms with Gasteiger partial charge in [-0.05, 0) is 42.5 Å². The monoisotopic (exact) mass is 466 g/mol. The topological polar surface area (TPSA) is 94.5 Å². The summed E-state index contributed by atoms with van der Waals surface area (Å²) < 4.78 is 46.7. The summed E-state index contributed by atoms with van der Waals surface area (Å²) in [5.74, 6) is -0.616. The Balaban J connectivity index is 1.80. The highest BCUT2D eigenvalue weighted by molar-refractivity contribution is 7.91. The maximum absolute atomic E-state index is 13.9. The standard InChI is InChI=1S/C24H19FN2O5S/c1-32-18-7-5-6-17(13-18)26-23(28)15-27-14-22(33(30,31)19-8-3-2-4-9-19)24(29)20-12-16(25)10-11-21(20)27/h2-14H,15H2,1H3,(H,26,28). The van der Waals surface area contributed by atoms with Crippen molar-refractivity contribution < 1.29 is 22.3 Å². The van der Waals surface area contributed by atoms with E-state index in [0.717, 1.165) is 18.3 Å². The summed E-state index contributed by atoms with van der Waals surface area (Å²) in [5, 5.41) is 2.57. The summed E-state index contributed by atoms with van der Waals surface area (Å²) in [7, 11) is -2.70. The maximum atomic E-state index is 13.9. The second kappa shape index (κ2) is 8.87. The predicted octanol–water partition coefficient (Wildman–Crippen LogP) is 3.62. The molecule has 9 heteroatoms. The van der Waals surface area contributed by atoms with Gasteiger partial charge >= 0.3 is 0 Å². The van der Waals surface area contributed by atoms with Crippen LogP contribution in [-0.2, 0) is 21.2 Å². The molecule has 0 fully saturated rings. The van der Waals surface area contributed by atoms with Gasteiger partial charge in [-0.15, -0.1) is 0 Å². The molecule has 1 heterocycles. The molecular weight excluding hydrogens is 447 g/mol. The molecule has 0 aliphatic carbocycles. The number of ether oxygens (including phenoxy) is 1. The third kappa shape index (κ3) is 4.49. The molecule has 1 N–H and O–H groups in total. The highest BCUT2D eigenvalue weighted by Gasteiger charge is 2.24. The summed E-state index contributed by atoms with van der Waals surface area (Å²) in [6.07, 6.45) is 1.12. The molecule has 3 aromatic carbocycles. The van der Waals surface area contributed by atoms with Gasteiger partial charge in [-0.1, -0.05) is 24.3 Å². The van der Waals surface area contributed by atoms with Crippen LogP contribution in [-0.4, -0.2) is 26.0 Å². The number of benzene rings is 3. The molecule has 0 bridgehead atoms. The molecule has 0 spiro atoms. The van der Waals surface area contributed by atoms with Crippen LogP contribution in [0, 0.1) is 5.82 Å². The zero-order chi connectivity index (χ0) is 23.6. The Bertz CT molecular complexity index is 1520. The number of nitrogens with one attached hydrogen (secondary N) is 1. The third-order valence-corrected chi connectivity index (χ3v) is 6.78. The first-order chi connectivity index (χ1) is 15.8. The third-order valence-electron chi connectivity index (χ3n) is 5.02. The van der Waals surface area contributed by atoms with Crippen molar-refractivity contribution >= 4 is 32.3 Å². The van der Waals surface area contributed by atoms with Crippen LogP contribution in [0.3, 0.4) is 0 Å². The first-order valence-corrected chi connectivity index (χ1v) is 11.3. The van der Waals surface area contributed by atoms with E-state index in [9.17, 15) is 22.4 Å². The minimum absolute atomic E-state index is 0.0785. The van der Waals surface area contributed by atoms with Crippen LogP contribution in [0.1, 0.15) is 0 Å². The SMILES string of the molecule is COc1cccc(NC(=O)Cn2cc(S(=O)(=O)c3ccccc3)c(=O)c3cc(F)ccc32)c1. The molecule has 168 valence electrons. The molecule has 1 amide bonds. The smallest absolute Gasteiger partial charge is 0.244 e. The van der Waals surface area contributed by atoms with E-state index >= 15 is 0 Å². The van der Waals surface area contributed by atoms with Gasteiger partial charge in [-0.2, -0.15) is 0 Å². The fourth-order valence-corrected chi connectivity index (χ4v) is 4.84. The fourth-order valence-electron chi connectivity index (χ4n) is 3.45. The van der Waals surface area contributed by atoms with Crippen LogP contribution in [0.2, 0.25) is 0 Å². The number of hydrogen-bond donors (Lipinski definition) is 1. The summed E-state index contributed by atoms with van der Waals surface area (Å²) >= 11 is 0. The molecule has 4 rings (SSSR count). The number of sulfone groups is 1. The number of halogens is 1. The Hall–Kier alpha value is -3.98. The number of anilines is 1. The number of methoxy groups -OCH3 is 1. The Morgan fingerprint density at radius 2 is 1.79 bits per heavy atom. The molecule has 0 unspecified atom stereocenters. The molecule has 0 atom stereocenters. The van der Waals surface area contributed by atoms with Crippen LogP contribution in [0.5, 0.6) is 5.75 Å². The summed E-state index contributed by atoms with van der Waals surface area (Å²) in [6.45, 7) is -0.309. The van der Waals surface area contributed by atoms with Crippen LogP contribution >= 0.6 is 0 Å². The number of aromatic nitrogens is 1. The van der Waals surface area contributed by atoms with Gasteiger partial charge in [0.1, 0.15) is 23.0 Å². The van der Waals surface area contributed by atoms with E-state index in [1.807, 2.05) is 0 Å². The first kappa shape index (κ1) is 22.2. The zero-order valence-corrected chi connectivity index (χ0v) is 18.3. The quantitative estimate of drug-likeness (QED) is 0.468. The molecule has 0 saturated heterocycles. The predicted molar refractivity (Wildman–Crippen MR) is 122 cm³/mol. The second-order valence-electron chi connectivity index (χ2n) is 7.21. The molecule has 0 radical (unpaired) electrons. The van der Waals surface area contributed by atoms with Gasteiger partial charge in [0.25, 0.3) is 0 Å². The van der Waals surface area contributed by atoms with Crippen LogP contribution in [0.15, 0.2) is 93.6 Å². The van der Waals surface area contributed by atoms with Gasteiger partial charge in [0.2, 0.25) is 21.2 Å².